The van der Waals surface area contributed by atoms with Crippen LogP contribution in [0.3, 0.4) is 0 Å². The second kappa shape index (κ2) is 5.41. The highest BCUT2D eigenvalue weighted by molar-refractivity contribution is 9.10. The lowest BCUT2D eigenvalue weighted by molar-refractivity contribution is 0.599. The van der Waals surface area contributed by atoms with Crippen molar-refractivity contribution >= 4 is 37.3 Å². The number of nitrogens with one attached hydrogen (secondary N) is 1. The molecule has 20 heavy (non-hydrogen) atoms. The van der Waals surface area contributed by atoms with Gasteiger partial charge in [-0.05, 0) is 58.7 Å². The molecule has 0 unspecified atom stereocenters. The van der Waals surface area contributed by atoms with Gasteiger partial charge in [-0.25, -0.2) is 12.8 Å². The van der Waals surface area contributed by atoms with Crippen LogP contribution >= 0.6 is 15.9 Å². The highest BCUT2D eigenvalue weighted by Crippen LogP contribution is 2.27. The minimum Gasteiger partial charge on any atom is -0.399 e. The van der Waals surface area contributed by atoms with Crippen molar-refractivity contribution in [3.8, 4) is 0 Å². The third kappa shape index (κ3) is 3.10. The molecule has 0 amide bonds. The molecule has 0 aromatic heterocycles. The van der Waals surface area contributed by atoms with Crippen LogP contribution < -0.4 is 10.5 Å². The van der Waals surface area contributed by atoms with Crippen LogP contribution in [0.25, 0.3) is 0 Å². The van der Waals surface area contributed by atoms with Crippen molar-refractivity contribution in [1.82, 2.24) is 0 Å². The molecular formula is C13H12BrFN2O2S. The first kappa shape index (κ1) is 14.8. The Morgan fingerprint density at radius 2 is 1.90 bits per heavy atom. The smallest absolute Gasteiger partial charge is 0.263 e. The average Bonchev–Trinajstić information content (AvgIpc) is 2.33. The number of aryl methyl sites for hydroxylation is 1. The normalized spacial score (nSPS) is 11.3. The van der Waals surface area contributed by atoms with Crippen LogP contribution in [0.2, 0.25) is 0 Å². The van der Waals surface area contributed by atoms with Crippen LogP contribution in [0.5, 0.6) is 0 Å². The van der Waals surface area contributed by atoms with Crippen molar-refractivity contribution in [1.29, 1.82) is 0 Å². The van der Waals surface area contributed by atoms with E-state index in [-0.39, 0.29) is 9.37 Å². The van der Waals surface area contributed by atoms with Gasteiger partial charge < -0.3 is 5.73 Å². The van der Waals surface area contributed by atoms with E-state index in [0.29, 0.717) is 11.4 Å². The summed E-state index contributed by atoms with van der Waals surface area (Å²) in [5.41, 5.74) is 7.22. The van der Waals surface area contributed by atoms with Gasteiger partial charge in [-0.1, -0.05) is 6.07 Å². The van der Waals surface area contributed by atoms with Gasteiger partial charge in [-0.3, -0.25) is 4.72 Å². The molecule has 0 saturated heterocycles. The first-order chi connectivity index (χ1) is 9.29. The predicted octanol–water partition coefficient (Wildman–Crippen LogP) is 3.28. The summed E-state index contributed by atoms with van der Waals surface area (Å²) in [6, 6.07) is 8.31. The molecule has 7 heteroatoms. The molecule has 3 N–H and O–H groups in total. The van der Waals surface area contributed by atoms with Crippen LogP contribution in [-0.4, -0.2) is 8.42 Å². The van der Waals surface area contributed by atoms with Crippen molar-refractivity contribution in [3.63, 3.8) is 0 Å². The summed E-state index contributed by atoms with van der Waals surface area (Å²) in [6.45, 7) is 1.76. The first-order valence-corrected chi connectivity index (χ1v) is 7.91. The maximum Gasteiger partial charge on any atom is 0.263 e. The van der Waals surface area contributed by atoms with Crippen molar-refractivity contribution < 1.29 is 12.8 Å². The number of benzene rings is 2. The zero-order valence-corrected chi connectivity index (χ0v) is 12.9. The largest absolute Gasteiger partial charge is 0.399 e. The Bertz CT molecular complexity index is 763. The lowest BCUT2D eigenvalue weighted by atomic mass is 10.2. The van der Waals surface area contributed by atoms with Gasteiger partial charge in [0.25, 0.3) is 10.0 Å². The van der Waals surface area contributed by atoms with Gasteiger partial charge in [-0.15, -0.1) is 0 Å². The van der Waals surface area contributed by atoms with E-state index in [2.05, 4.69) is 20.7 Å². The molecule has 106 valence electrons. The third-order valence-electron chi connectivity index (χ3n) is 2.69. The number of halogens is 2. The van der Waals surface area contributed by atoms with Crippen molar-refractivity contribution in [2.75, 3.05) is 10.5 Å². The molecule has 0 saturated carbocycles. The number of hydrogen-bond acceptors (Lipinski definition) is 3. The van der Waals surface area contributed by atoms with Gasteiger partial charge in [0.05, 0.1) is 5.69 Å². The summed E-state index contributed by atoms with van der Waals surface area (Å²) in [5, 5.41) is 0. The van der Waals surface area contributed by atoms with Gasteiger partial charge in [0.15, 0.2) is 0 Å². The number of nitrogen functional groups attached to an aromatic ring is 1. The molecule has 4 nitrogen and oxygen atoms in total. The fourth-order valence-corrected chi connectivity index (χ4v) is 3.81. The summed E-state index contributed by atoms with van der Waals surface area (Å²) in [4.78, 5) is -0.0410. The Morgan fingerprint density at radius 1 is 1.20 bits per heavy atom. The monoisotopic (exact) mass is 358 g/mol. The van der Waals surface area contributed by atoms with E-state index in [1.807, 2.05) is 0 Å². The Kier molecular flexibility index (Phi) is 4.01. The molecule has 0 aliphatic heterocycles. The number of anilines is 2. The molecule has 0 fully saturated rings. The second-order valence-electron chi connectivity index (χ2n) is 4.25. The molecule has 2 rings (SSSR count). The number of hydrogen-bond donors (Lipinski definition) is 2. The summed E-state index contributed by atoms with van der Waals surface area (Å²) >= 11 is 3.05. The summed E-state index contributed by atoms with van der Waals surface area (Å²) in [5.74, 6) is -0.518. The predicted molar refractivity (Wildman–Crippen MR) is 80.5 cm³/mol. The quantitative estimate of drug-likeness (QED) is 0.827. The van der Waals surface area contributed by atoms with Crippen LogP contribution in [0.4, 0.5) is 15.8 Å². The van der Waals surface area contributed by atoms with E-state index in [0.717, 1.165) is 17.7 Å². The minimum absolute atomic E-state index is 0.0410. The summed E-state index contributed by atoms with van der Waals surface area (Å²) < 4.78 is 40.2. The topological polar surface area (TPSA) is 72.2 Å². The van der Waals surface area contributed by atoms with Crippen molar-refractivity contribution in [3.05, 3.63) is 52.3 Å². The molecule has 2 aromatic rings. The number of sulfonamides is 1. The highest BCUT2D eigenvalue weighted by Gasteiger charge is 2.19. The van der Waals surface area contributed by atoms with Crippen molar-refractivity contribution in [2.24, 2.45) is 0 Å². The average molecular weight is 359 g/mol. The fourth-order valence-electron chi connectivity index (χ4n) is 1.64. The molecule has 0 aliphatic rings. The summed E-state index contributed by atoms with van der Waals surface area (Å²) in [6.07, 6.45) is 0. The van der Waals surface area contributed by atoms with E-state index < -0.39 is 15.8 Å². The Balaban J connectivity index is 2.43. The zero-order valence-electron chi connectivity index (χ0n) is 10.5. The van der Waals surface area contributed by atoms with Gasteiger partial charge in [0, 0.05) is 10.2 Å². The maximum atomic E-state index is 13.0. The van der Waals surface area contributed by atoms with E-state index >= 15 is 0 Å². The number of nitrogens with two attached hydrogens (primary N) is 1. The Morgan fingerprint density at radius 3 is 2.55 bits per heavy atom. The molecule has 0 atom stereocenters. The lowest BCUT2D eigenvalue weighted by Crippen LogP contribution is -2.14. The van der Waals surface area contributed by atoms with Gasteiger partial charge in [0.1, 0.15) is 10.7 Å². The fraction of sp³-hybridized carbons (Fsp3) is 0.0769. The molecule has 0 heterocycles. The van der Waals surface area contributed by atoms with E-state index in [1.165, 1.54) is 12.1 Å². The maximum absolute atomic E-state index is 13.0. The van der Waals surface area contributed by atoms with E-state index in [4.69, 9.17) is 5.73 Å². The van der Waals surface area contributed by atoms with Crippen molar-refractivity contribution in [2.45, 2.75) is 11.8 Å². The summed E-state index contributed by atoms with van der Waals surface area (Å²) in [7, 11) is -3.82. The minimum atomic E-state index is -3.82. The SMILES string of the molecule is Cc1ccc(N)cc1NS(=O)(=O)c1ccc(F)cc1Br. The molecule has 0 spiro atoms. The van der Waals surface area contributed by atoms with E-state index in [1.54, 1.807) is 19.1 Å². The standard InChI is InChI=1S/C13H12BrFN2O2S/c1-8-2-4-10(16)7-12(8)17-20(18,19)13-5-3-9(15)6-11(13)14/h2-7,17H,16H2,1H3. The highest BCUT2D eigenvalue weighted by atomic mass is 79.9. The van der Waals surface area contributed by atoms with E-state index in [9.17, 15) is 12.8 Å². The second-order valence-corrected chi connectivity index (χ2v) is 6.76. The van der Waals surface area contributed by atoms with Gasteiger partial charge in [-0.2, -0.15) is 0 Å². The van der Waals surface area contributed by atoms with Crippen LogP contribution in [0, 0.1) is 12.7 Å². The van der Waals surface area contributed by atoms with Gasteiger partial charge in [0.2, 0.25) is 0 Å². The molecular weight excluding hydrogens is 347 g/mol. The van der Waals surface area contributed by atoms with Gasteiger partial charge >= 0.3 is 0 Å². The first-order valence-electron chi connectivity index (χ1n) is 5.63. The lowest BCUT2D eigenvalue weighted by Gasteiger charge is -2.12. The molecule has 0 radical (unpaired) electrons. The molecule has 0 aliphatic carbocycles. The zero-order chi connectivity index (χ0) is 14.9. The third-order valence-corrected chi connectivity index (χ3v) is 5.03. The van der Waals surface area contributed by atoms with Crippen LogP contribution in [0.15, 0.2) is 45.8 Å². The van der Waals surface area contributed by atoms with Crippen LogP contribution in [-0.2, 0) is 10.0 Å². The molecule has 2 aromatic carbocycles. The van der Waals surface area contributed by atoms with Crippen LogP contribution in [0.1, 0.15) is 5.56 Å². The molecule has 0 bridgehead atoms. The number of rotatable bonds is 3. The Labute approximate surface area is 125 Å². The Hall–Kier alpha value is -1.60.